The third-order valence-electron chi connectivity index (χ3n) is 8.01. The molecule has 0 bridgehead atoms. The summed E-state index contributed by atoms with van der Waals surface area (Å²) in [4.78, 5) is 8.57. The Hall–Kier alpha value is -4.96. The Bertz CT molecular complexity index is 2220. The Morgan fingerprint density at radius 2 is 1.41 bits per heavy atom. The maximum Gasteiger partial charge on any atom is 3.00 e. The van der Waals surface area contributed by atoms with Gasteiger partial charge in [-0.1, -0.05) is 72.2 Å². The normalized spacial score (nSPS) is 12.7. The van der Waals surface area contributed by atoms with Crippen molar-refractivity contribution < 1.29 is 20.1 Å². The van der Waals surface area contributed by atoms with Crippen LogP contribution in [0.3, 0.4) is 0 Å². The number of pyridine rings is 1. The summed E-state index contributed by atoms with van der Waals surface area (Å²) in [7, 11) is 0. The van der Waals surface area contributed by atoms with E-state index in [0.29, 0.717) is 0 Å². The van der Waals surface area contributed by atoms with E-state index in [9.17, 15) is 0 Å². The summed E-state index contributed by atoms with van der Waals surface area (Å²) in [5.41, 5.74) is 9.14. The molecule has 0 radical (unpaired) electrons. The summed E-state index contributed by atoms with van der Waals surface area (Å²) >= 11 is 0. The second-order valence-electron chi connectivity index (χ2n) is 10.7. The molecule has 0 saturated heterocycles. The Balaban J connectivity index is 0.000000189. The van der Waals surface area contributed by atoms with Gasteiger partial charge in [-0.25, -0.2) is 0 Å². The first-order valence-corrected chi connectivity index (χ1v) is 14.4. The van der Waals surface area contributed by atoms with Crippen LogP contribution in [0.5, 0.6) is 0 Å². The molecule has 5 aromatic carbocycles. The molecular formula is C39H27IrN4. The molecule has 1 aliphatic heterocycles. The predicted molar refractivity (Wildman–Crippen MR) is 178 cm³/mol. The molecule has 3 aromatic heterocycles. The van der Waals surface area contributed by atoms with E-state index in [0.717, 1.165) is 22.6 Å². The summed E-state index contributed by atoms with van der Waals surface area (Å²) in [6.07, 6.45) is 6.03. The fourth-order valence-electron chi connectivity index (χ4n) is 5.93. The second-order valence-corrected chi connectivity index (χ2v) is 10.7. The molecule has 0 fully saturated rings. The number of aromatic nitrogens is 2. The van der Waals surface area contributed by atoms with E-state index in [2.05, 4.69) is 135 Å². The molecule has 4 heterocycles. The van der Waals surface area contributed by atoms with E-state index in [1.807, 2.05) is 49.5 Å². The number of nitrogens with zero attached hydrogens (tertiary/aromatic N) is 4. The van der Waals surface area contributed by atoms with Crippen molar-refractivity contribution in [3.63, 3.8) is 0 Å². The number of fused-ring (bicyclic) bond motifs is 6. The van der Waals surface area contributed by atoms with Crippen molar-refractivity contribution in [1.82, 2.24) is 9.38 Å². The van der Waals surface area contributed by atoms with Crippen molar-refractivity contribution in [3.8, 4) is 11.3 Å². The molecule has 0 unspecified atom stereocenters. The van der Waals surface area contributed by atoms with Crippen LogP contribution in [0, 0.1) is 25.7 Å². The van der Waals surface area contributed by atoms with Gasteiger partial charge in [0, 0.05) is 28.2 Å². The Kier molecular flexibility index (Phi) is 7.35. The van der Waals surface area contributed by atoms with Crippen LogP contribution in [0.1, 0.15) is 5.56 Å². The van der Waals surface area contributed by atoms with E-state index in [4.69, 9.17) is 0 Å². The van der Waals surface area contributed by atoms with Crippen LogP contribution in [0.2, 0.25) is 0 Å². The molecule has 8 aromatic rings. The van der Waals surface area contributed by atoms with Gasteiger partial charge in [0.2, 0.25) is 0 Å². The van der Waals surface area contributed by atoms with Gasteiger partial charge in [0.25, 0.3) is 0 Å². The molecule has 9 rings (SSSR count). The molecule has 5 heteroatoms. The van der Waals surface area contributed by atoms with Crippen molar-refractivity contribution in [1.29, 1.82) is 0 Å². The maximum absolute atomic E-state index is 4.32. The van der Waals surface area contributed by atoms with E-state index in [1.54, 1.807) is 0 Å². The van der Waals surface area contributed by atoms with E-state index in [-0.39, 0.29) is 20.1 Å². The van der Waals surface area contributed by atoms with Crippen LogP contribution in [0.4, 0.5) is 11.4 Å². The zero-order valence-electron chi connectivity index (χ0n) is 24.0. The van der Waals surface area contributed by atoms with Crippen molar-refractivity contribution in [3.05, 3.63) is 164 Å². The average molecular weight is 744 g/mol. The average Bonchev–Trinajstić information content (AvgIpc) is 3.79. The summed E-state index contributed by atoms with van der Waals surface area (Å²) in [5, 5.41) is 5.14. The summed E-state index contributed by atoms with van der Waals surface area (Å²) in [6.45, 7) is 4.13. The van der Waals surface area contributed by atoms with Gasteiger partial charge in [-0.05, 0) is 54.2 Å². The van der Waals surface area contributed by atoms with Gasteiger partial charge in [-0.3, -0.25) is 0 Å². The fourth-order valence-corrected chi connectivity index (χ4v) is 5.93. The monoisotopic (exact) mass is 744 g/mol. The quantitative estimate of drug-likeness (QED) is 0.169. The van der Waals surface area contributed by atoms with Gasteiger partial charge in [0.15, 0.2) is 0 Å². The number of para-hydroxylation sites is 3. The zero-order valence-corrected chi connectivity index (χ0v) is 26.4. The first-order chi connectivity index (χ1) is 21.2. The molecule has 4 nitrogen and oxygen atoms in total. The SMILES string of the molecule is Cc1ccc(-c2[c-]cccc2)nc1.[Ir+3].[c-]1cc2c3cccc4c5ccccc5n(c2cc1N1C=CN(c2ccccc2)[CH-]1)c43. The van der Waals surface area contributed by atoms with Gasteiger partial charge in [-0.15, -0.1) is 59.7 Å². The largest absolute Gasteiger partial charge is 3.00 e. The van der Waals surface area contributed by atoms with Crippen LogP contribution < -0.4 is 9.80 Å². The maximum atomic E-state index is 4.32. The molecule has 0 amide bonds. The van der Waals surface area contributed by atoms with Gasteiger partial charge >= 0.3 is 20.1 Å². The molecule has 212 valence electrons. The van der Waals surface area contributed by atoms with E-state index >= 15 is 0 Å². The van der Waals surface area contributed by atoms with Crippen molar-refractivity contribution in [2.45, 2.75) is 6.92 Å². The number of benzene rings is 5. The first kappa shape index (κ1) is 27.8. The summed E-state index contributed by atoms with van der Waals surface area (Å²) in [5.74, 6) is 0. The minimum Gasteiger partial charge on any atom is -0.500 e. The number of rotatable bonds is 3. The van der Waals surface area contributed by atoms with Crippen LogP contribution in [0.15, 0.2) is 140 Å². The molecule has 0 spiro atoms. The Morgan fingerprint density at radius 3 is 2.20 bits per heavy atom. The van der Waals surface area contributed by atoms with Gasteiger partial charge in [0.1, 0.15) is 0 Å². The number of hydrogen-bond acceptors (Lipinski definition) is 3. The van der Waals surface area contributed by atoms with E-state index in [1.165, 1.54) is 43.7 Å². The third kappa shape index (κ3) is 4.81. The number of hydrogen-bond donors (Lipinski definition) is 0. The van der Waals surface area contributed by atoms with Crippen LogP contribution >= 0.6 is 0 Å². The summed E-state index contributed by atoms with van der Waals surface area (Å²) < 4.78 is 2.40. The Labute approximate surface area is 270 Å². The predicted octanol–water partition coefficient (Wildman–Crippen LogP) is 9.41. The van der Waals surface area contributed by atoms with Crippen molar-refractivity contribution >= 4 is 49.5 Å². The van der Waals surface area contributed by atoms with Crippen molar-refractivity contribution in [2.24, 2.45) is 0 Å². The number of aryl methyl sites for hydroxylation is 1. The minimum absolute atomic E-state index is 0. The summed E-state index contributed by atoms with van der Waals surface area (Å²) in [6, 6.07) is 48.6. The molecule has 1 aliphatic rings. The van der Waals surface area contributed by atoms with Gasteiger partial charge in [-0.2, -0.15) is 12.1 Å². The van der Waals surface area contributed by atoms with Crippen LogP contribution in [-0.2, 0) is 20.1 Å². The second kappa shape index (κ2) is 11.6. The van der Waals surface area contributed by atoms with E-state index < -0.39 is 0 Å². The molecule has 0 atom stereocenters. The van der Waals surface area contributed by atoms with Crippen LogP contribution in [-0.4, -0.2) is 9.38 Å². The number of anilines is 2. The molecule has 0 N–H and O–H groups in total. The first-order valence-electron chi connectivity index (χ1n) is 14.4. The molecule has 0 saturated carbocycles. The third-order valence-corrected chi connectivity index (χ3v) is 8.01. The minimum atomic E-state index is 0. The zero-order chi connectivity index (χ0) is 28.8. The molecule has 44 heavy (non-hydrogen) atoms. The Morgan fingerprint density at radius 1 is 0.659 bits per heavy atom. The standard InChI is InChI=1S/C27H17N3.C12H10N.Ir/c1-2-7-19(8-3-1)28-15-16-29(18-28)20-13-14-22-24-11-6-10-23-21-9-4-5-12-25(21)30(27(23)24)26(22)17-20;1-10-7-8-12(13-9-10)11-5-3-2-4-6-11;/h1-12,14-18H;2-5,7-9H,1H3;/q-2;-1;+3. The van der Waals surface area contributed by atoms with Gasteiger partial charge < -0.3 is 19.2 Å². The molecular weight excluding hydrogens is 717 g/mol. The smallest absolute Gasteiger partial charge is 0.500 e. The van der Waals surface area contributed by atoms with Gasteiger partial charge in [0.05, 0.1) is 5.52 Å². The fraction of sp³-hybridized carbons (Fsp3) is 0.0256. The van der Waals surface area contributed by atoms with Crippen LogP contribution in [0.25, 0.3) is 49.4 Å². The molecule has 0 aliphatic carbocycles. The van der Waals surface area contributed by atoms with Crippen molar-refractivity contribution in [2.75, 3.05) is 9.80 Å². The topological polar surface area (TPSA) is 23.8 Å².